The van der Waals surface area contributed by atoms with Gasteiger partial charge >= 0.3 is 0 Å². The molecule has 3 nitrogen and oxygen atoms in total. The van der Waals surface area contributed by atoms with Crippen LogP contribution in [0.5, 0.6) is 5.75 Å². The largest absolute Gasteiger partial charge is 0.497 e. The van der Waals surface area contributed by atoms with Gasteiger partial charge in [-0.05, 0) is 30.2 Å². The predicted octanol–water partition coefficient (Wildman–Crippen LogP) is 2.67. The van der Waals surface area contributed by atoms with Crippen molar-refractivity contribution in [1.82, 2.24) is 4.90 Å². The highest BCUT2D eigenvalue weighted by atomic mass is 16.5. The summed E-state index contributed by atoms with van der Waals surface area (Å²) in [6.45, 7) is 9.70. The third kappa shape index (κ3) is 4.67. The number of hydrogen-bond acceptors (Lipinski definition) is 3. The van der Waals surface area contributed by atoms with E-state index in [1.54, 1.807) is 7.11 Å². The van der Waals surface area contributed by atoms with Gasteiger partial charge < -0.3 is 15.4 Å². The minimum atomic E-state index is 0.0645. The van der Waals surface area contributed by atoms with Crippen molar-refractivity contribution >= 4 is 0 Å². The highest BCUT2D eigenvalue weighted by Crippen LogP contribution is 2.17. The molecule has 1 rings (SSSR count). The standard InChI is InChI=1S/C15H26N2O/c1-5-17(10-12(2)3)11-15(16)13-6-8-14(18-4)9-7-13/h6-9,12,15H,5,10-11,16H2,1-4H3. The van der Waals surface area contributed by atoms with Crippen molar-refractivity contribution < 1.29 is 4.74 Å². The molecule has 3 heteroatoms. The fourth-order valence-corrected chi connectivity index (χ4v) is 2.08. The van der Waals surface area contributed by atoms with Crippen LogP contribution in [-0.2, 0) is 0 Å². The van der Waals surface area contributed by atoms with Crippen LogP contribution in [0.2, 0.25) is 0 Å². The highest BCUT2D eigenvalue weighted by Gasteiger charge is 2.12. The molecule has 0 aliphatic rings. The molecule has 0 spiro atoms. The number of nitrogens with zero attached hydrogens (tertiary/aromatic N) is 1. The van der Waals surface area contributed by atoms with Crippen LogP contribution in [0.3, 0.4) is 0 Å². The van der Waals surface area contributed by atoms with Crippen molar-refractivity contribution in [2.24, 2.45) is 11.7 Å². The van der Waals surface area contributed by atoms with Crippen molar-refractivity contribution in [2.75, 3.05) is 26.7 Å². The van der Waals surface area contributed by atoms with Gasteiger partial charge in [0.2, 0.25) is 0 Å². The van der Waals surface area contributed by atoms with Crippen LogP contribution < -0.4 is 10.5 Å². The van der Waals surface area contributed by atoms with Crippen molar-refractivity contribution in [1.29, 1.82) is 0 Å². The summed E-state index contributed by atoms with van der Waals surface area (Å²) in [5, 5.41) is 0. The maximum absolute atomic E-state index is 6.26. The minimum Gasteiger partial charge on any atom is -0.497 e. The summed E-state index contributed by atoms with van der Waals surface area (Å²) >= 11 is 0. The Bertz CT molecular complexity index is 335. The number of nitrogens with two attached hydrogens (primary N) is 1. The molecule has 2 N–H and O–H groups in total. The monoisotopic (exact) mass is 250 g/mol. The molecule has 0 aromatic heterocycles. The fourth-order valence-electron chi connectivity index (χ4n) is 2.08. The molecule has 0 amide bonds. The van der Waals surface area contributed by atoms with Gasteiger partial charge in [-0.2, -0.15) is 0 Å². The molecule has 0 radical (unpaired) electrons. The Balaban J connectivity index is 2.59. The van der Waals surface area contributed by atoms with E-state index in [1.807, 2.05) is 24.3 Å². The summed E-state index contributed by atoms with van der Waals surface area (Å²) < 4.78 is 5.15. The summed E-state index contributed by atoms with van der Waals surface area (Å²) in [5.41, 5.74) is 7.42. The van der Waals surface area contributed by atoms with Gasteiger partial charge in [-0.15, -0.1) is 0 Å². The van der Waals surface area contributed by atoms with Gasteiger partial charge in [-0.25, -0.2) is 0 Å². The van der Waals surface area contributed by atoms with E-state index < -0.39 is 0 Å². The first kappa shape index (κ1) is 15.0. The van der Waals surface area contributed by atoms with Crippen LogP contribution in [0.25, 0.3) is 0 Å². The summed E-state index contributed by atoms with van der Waals surface area (Å²) in [7, 11) is 1.68. The van der Waals surface area contributed by atoms with Gasteiger partial charge in [-0.3, -0.25) is 0 Å². The Morgan fingerprint density at radius 1 is 1.17 bits per heavy atom. The van der Waals surface area contributed by atoms with E-state index in [-0.39, 0.29) is 6.04 Å². The second-order valence-electron chi connectivity index (χ2n) is 5.13. The number of rotatable bonds is 7. The predicted molar refractivity (Wildman–Crippen MR) is 76.9 cm³/mol. The molecule has 1 unspecified atom stereocenters. The first-order valence-corrected chi connectivity index (χ1v) is 6.68. The lowest BCUT2D eigenvalue weighted by Gasteiger charge is -2.26. The molecular formula is C15H26N2O. The molecular weight excluding hydrogens is 224 g/mol. The third-order valence-electron chi connectivity index (χ3n) is 3.07. The maximum Gasteiger partial charge on any atom is 0.118 e. The normalized spacial score (nSPS) is 13.1. The Hall–Kier alpha value is -1.06. The van der Waals surface area contributed by atoms with Gasteiger partial charge in [0, 0.05) is 19.1 Å². The van der Waals surface area contributed by atoms with Crippen LogP contribution in [0.4, 0.5) is 0 Å². The smallest absolute Gasteiger partial charge is 0.118 e. The van der Waals surface area contributed by atoms with E-state index in [9.17, 15) is 0 Å². The van der Waals surface area contributed by atoms with Crippen molar-refractivity contribution in [3.05, 3.63) is 29.8 Å². The van der Waals surface area contributed by atoms with Crippen molar-refractivity contribution in [3.63, 3.8) is 0 Å². The van der Waals surface area contributed by atoms with E-state index in [1.165, 1.54) is 0 Å². The molecule has 0 aliphatic heterocycles. The zero-order chi connectivity index (χ0) is 13.5. The number of benzene rings is 1. The Morgan fingerprint density at radius 2 is 1.78 bits per heavy atom. The minimum absolute atomic E-state index is 0.0645. The van der Waals surface area contributed by atoms with Crippen molar-refractivity contribution in [2.45, 2.75) is 26.8 Å². The van der Waals surface area contributed by atoms with E-state index >= 15 is 0 Å². The summed E-state index contributed by atoms with van der Waals surface area (Å²) in [5.74, 6) is 1.55. The summed E-state index contributed by atoms with van der Waals surface area (Å²) in [6, 6.07) is 8.09. The fraction of sp³-hybridized carbons (Fsp3) is 0.600. The molecule has 1 aromatic rings. The first-order valence-electron chi connectivity index (χ1n) is 6.68. The highest BCUT2D eigenvalue weighted by molar-refractivity contribution is 5.29. The topological polar surface area (TPSA) is 38.5 Å². The van der Waals surface area contributed by atoms with E-state index in [0.717, 1.165) is 30.9 Å². The van der Waals surface area contributed by atoms with Crippen LogP contribution in [0.15, 0.2) is 24.3 Å². The zero-order valence-electron chi connectivity index (χ0n) is 12.0. The van der Waals surface area contributed by atoms with Gasteiger partial charge in [0.05, 0.1) is 7.11 Å². The molecule has 1 atom stereocenters. The first-order chi connectivity index (χ1) is 8.56. The van der Waals surface area contributed by atoms with Crippen LogP contribution >= 0.6 is 0 Å². The number of hydrogen-bond donors (Lipinski definition) is 1. The number of methoxy groups -OCH3 is 1. The third-order valence-corrected chi connectivity index (χ3v) is 3.07. The van der Waals surface area contributed by atoms with Gasteiger partial charge in [0.25, 0.3) is 0 Å². The average molecular weight is 250 g/mol. The Kier molecular flexibility index (Phi) is 6.16. The van der Waals surface area contributed by atoms with Crippen LogP contribution in [-0.4, -0.2) is 31.6 Å². The van der Waals surface area contributed by atoms with E-state index in [0.29, 0.717) is 5.92 Å². The molecule has 1 aromatic carbocycles. The average Bonchev–Trinajstić information content (AvgIpc) is 2.37. The Morgan fingerprint density at radius 3 is 2.22 bits per heavy atom. The second kappa shape index (κ2) is 7.39. The lowest BCUT2D eigenvalue weighted by Crippen LogP contribution is -2.34. The number of likely N-dealkylation sites (N-methyl/N-ethyl adjacent to an activating group) is 1. The van der Waals surface area contributed by atoms with Gasteiger partial charge in [0.15, 0.2) is 0 Å². The lowest BCUT2D eigenvalue weighted by molar-refractivity contribution is 0.242. The molecule has 102 valence electrons. The SMILES string of the molecule is CCN(CC(C)C)CC(N)c1ccc(OC)cc1. The quantitative estimate of drug-likeness (QED) is 0.808. The summed E-state index contributed by atoms with van der Waals surface area (Å²) in [6.07, 6.45) is 0. The molecule has 0 aliphatic carbocycles. The lowest BCUT2D eigenvalue weighted by atomic mass is 10.1. The summed E-state index contributed by atoms with van der Waals surface area (Å²) in [4.78, 5) is 2.40. The molecule has 0 saturated carbocycles. The van der Waals surface area contributed by atoms with Crippen LogP contribution in [0.1, 0.15) is 32.4 Å². The van der Waals surface area contributed by atoms with Gasteiger partial charge in [-0.1, -0.05) is 32.9 Å². The van der Waals surface area contributed by atoms with Crippen molar-refractivity contribution in [3.8, 4) is 5.75 Å². The zero-order valence-corrected chi connectivity index (χ0v) is 12.0. The number of ether oxygens (including phenoxy) is 1. The molecule has 0 saturated heterocycles. The van der Waals surface area contributed by atoms with E-state index in [2.05, 4.69) is 25.7 Å². The molecule has 0 heterocycles. The van der Waals surface area contributed by atoms with Crippen LogP contribution in [0, 0.1) is 5.92 Å². The Labute approximate surface area is 111 Å². The maximum atomic E-state index is 6.26. The van der Waals surface area contributed by atoms with E-state index in [4.69, 9.17) is 10.5 Å². The molecule has 0 bridgehead atoms. The van der Waals surface area contributed by atoms with Gasteiger partial charge in [0.1, 0.15) is 5.75 Å². The second-order valence-corrected chi connectivity index (χ2v) is 5.13. The molecule has 0 fully saturated rings. The molecule has 18 heavy (non-hydrogen) atoms.